The highest BCUT2D eigenvalue weighted by molar-refractivity contribution is 5.79. The fourth-order valence-electron chi connectivity index (χ4n) is 1.44. The smallest absolute Gasteiger partial charge is 0.167 e. The summed E-state index contributed by atoms with van der Waals surface area (Å²) in [6, 6.07) is 7.49. The van der Waals surface area contributed by atoms with E-state index in [1.807, 2.05) is 24.3 Å². The van der Waals surface area contributed by atoms with E-state index >= 15 is 0 Å². The van der Waals surface area contributed by atoms with Gasteiger partial charge in [-0.2, -0.15) is 0 Å². The fraction of sp³-hybridized carbons (Fsp3) is 0.300. The van der Waals surface area contributed by atoms with Crippen LogP contribution in [0.5, 0.6) is 0 Å². The molecular weight excluding hydrogens is 180 g/mol. The molecule has 1 aromatic carbocycles. The quantitative estimate of drug-likeness (QED) is 0.764. The summed E-state index contributed by atoms with van der Waals surface area (Å²) in [5.41, 5.74) is 1.30. The number of rotatable bonds is 3. The Morgan fingerprint density at radius 3 is 3.07 bits per heavy atom. The minimum Gasteiger partial charge on any atom is -0.385 e. The summed E-state index contributed by atoms with van der Waals surface area (Å²) in [4.78, 5) is 0. The molecule has 0 aliphatic carbocycles. The van der Waals surface area contributed by atoms with Gasteiger partial charge in [0.05, 0.1) is 0 Å². The number of aromatic nitrogens is 1. The second-order valence-electron chi connectivity index (χ2n) is 3.14. The van der Waals surface area contributed by atoms with Gasteiger partial charge in [0.2, 0.25) is 0 Å². The Kier molecular flexibility index (Phi) is 2.47. The summed E-state index contributed by atoms with van der Waals surface area (Å²) in [6.07, 6.45) is -0.622. The molecule has 0 saturated heterocycles. The Balaban J connectivity index is 2.42. The zero-order chi connectivity index (χ0) is 9.97. The molecule has 0 saturated carbocycles. The van der Waals surface area contributed by atoms with Crippen LogP contribution in [0.4, 0.5) is 0 Å². The Labute approximate surface area is 81.5 Å². The highest BCUT2D eigenvalue weighted by atomic mass is 16.5. The molecular formula is C10H12N2O2. The second kappa shape index (κ2) is 3.77. The maximum atomic E-state index is 9.72. The van der Waals surface area contributed by atoms with Gasteiger partial charge in [-0.1, -0.05) is 17.3 Å². The van der Waals surface area contributed by atoms with Crippen molar-refractivity contribution in [1.82, 2.24) is 10.5 Å². The topological polar surface area (TPSA) is 58.3 Å². The lowest BCUT2D eigenvalue weighted by molar-refractivity contribution is 0.169. The van der Waals surface area contributed by atoms with Crippen LogP contribution in [0.3, 0.4) is 0 Å². The van der Waals surface area contributed by atoms with E-state index in [2.05, 4.69) is 10.5 Å². The first-order valence-corrected chi connectivity index (χ1v) is 4.50. The van der Waals surface area contributed by atoms with Gasteiger partial charge in [0.15, 0.2) is 5.58 Å². The molecule has 4 heteroatoms. The van der Waals surface area contributed by atoms with E-state index in [1.54, 1.807) is 7.05 Å². The van der Waals surface area contributed by atoms with Crippen LogP contribution in [0.2, 0.25) is 0 Å². The lowest BCUT2D eigenvalue weighted by Crippen LogP contribution is -2.17. The van der Waals surface area contributed by atoms with E-state index in [0.29, 0.717) is 17.8 Å². The first-order valence-electron chi connectivity index (χ1n) is 4.50. The van der Waals surface area contributed by atoms with Crippen molar-refractivity contribution >= 4 is 11.0 Å². The zero-order valence-electron chi connectivity index (χ0n) is 7.90. The molecule has 1 atom stereocenters. The number of nitrogens with one attached hydrogen (secondary N) is 1. The summed E-state index contributed by atoms with van der Waals surface area (Å²) in [5.74, 6) is 0. The number of hydrogen-bond donors (Lipinski definition) is 2. The van der Waals surface area contributed by atoms with Gasteiger partial charge in [-0.15, -0.1) is 0 Å². The maximum Gasteiger partial charge on any atom is 0.167 e. The molecule has 2 aromatic rings. The summed E-state index contributed by atoms with van der Waals surface area (Å²) < 4.78 is 5.08. The van der Waals surface area contributed by atoms with E-state index in [1.165, 1.54) is 0 Å². The Morgan fingerprint density at radius 1 is 1.50 bits per heavy atom. The van der Waals surface area contributed by atoms with Crippen LogP contribution in [0.1, 0.15) is 11.8 Å². The van der Waals surface area contributed by atoms with Crippen molar-refractivity contribution < 1.29 is 9.63 Å². The number of benzene rings is 1. The van der Waals surface area contributed by atoms with Gasteiger partial charge in [0.25, 0.3) is 0 Å². The fourth-order valence-corrected chi connectivity index (χ4v) is 1.44. The largest absolute Gasteiger partial charge is 0.385 e. The number of para-hydroxylation sites is 1. The highest BCUT2D eigenvalue weighted by Crippen LogP contribution is 2.22. The molecule has 0 aliphatic heterocycles. The predicted octanol–water partition coefficient (Wildman–Crippen LogP) is 1.08. The van der Waals surface area contributed by atoms with Crippen molar-refractivity contribution in [3.05, 3.63) is 30.0 Å². The molecule has 1 unspecified atom stereocenters. The van der Waals surface area contributed by atoms with E-state index in [4.69, 9.17) is 4.52 Å². The standard InChI is InChI=1S/C10H12N2O2/c1-11-6-8(13)10-7-4-2-3-5-9(7)14-12-10/h2-5,8,11,13H,6H2,1H3. The van der Waals surface area contributed by atoms with Crippen molar-refractivity contribution in [3.8, 4) is 0 Å². The maximum absolute atomic E-state index is 9.72. The molecule has 0 fully saturated rings. The van der Waals surface area contributed by atoms with E-state index < -0.39 is 6.10 Å². The molecule has 2 rings (SSSR count). The third-order valence-corrected chi connectivity index (χ3v) is 2.12. The second-order valence-corrected chi connectivity index (χ2v) is 3.14. The molecule has 1 aromatic heterocycles. The molecule has 14 heavy (non-hydrogen) atoms. The normalized spacial score (nSPS) is 13.3. The van der Waals surface area contributed by atoms with Crippen molar-refractivity contribution in [2.75, 3.05) is 13.6 Å². The van der Waals surface area contributed by atoms with Crippen molar-refractivity contribution in [1.29, 1.82) is 0 Å². The first-order chi connectivity index (χ1) is 6.83. The lowest BCUT2D eigenvalue weighted by Gasteiger charge is -2.05. The van der Waals surface area contributed by atoms with Gasteiger partial charge in [0.1, 0.15) is 11.8 Å². The zero-order valence-corrected chi connectivity index (χ0v) is 7.90. The van der Waals surface area contributed by atoms with Crippen LogP contribution in [-0.4, -0.2) is 23.9 Å². The lowest BCUT2D eigenvalue weighted by atomic mass is 10.1. The molecule has 2 N–H and O–H groups in total. The van der Waals surface area contributed by atoms with E-state index in [-0.39, 0.29) is 0 Å². The van der Waals surface area contributed by atoms with Crippen LogP contribution in [-0.2, 0) is 0 Å². The highest BCUT2D eigenvalue weighted by Gasteiger charge is 2.15. The molecule has 0 bridgehead atoms. The molecule has 74 valence electrons. The molecule has 0 spiro atoms. The summed E-state index contributed by atoms with van der Waals surface area (Å²) in [7, 11) is 1.78. The van der Waals surface area contributed by atoms with Gasteiger partial charge in [-0.25, -0.2) is 0 Å². The van der Waals surface area contributed by atoms with Crippen LogP contribution in [0.15, 0.2) is 28.8 Å². The van der Waals surface area contributed by atoms with Crippen LogP contribution < -0.4 is 5.32 Å². The number of nitrogens with zero attached hydrogens (tertiary/aromatic N) is 1. The Hall–Kier alpha value is -1.39. The van der Waals surface area contributed by atoms with Crippen molar-refractivity contribution in [2.45, 2.75) is 6.10 Å². The van der Waals surface area contributed by atoms with Crippen molar-refractivity contribution in [3.63, 3.8) is 0 Å². The van der Waals surface area contributed by atoms with E-state index in [9.17, 15) is 5.11 Å². The summed E-state index contributed by atoms with van der Waals surface area (Å²) >= 11 is 0. The SMILES string of the molecule is CNCC(O)c1noc2ccccc12. The monoisotopic (exact) mass is 192 g/mol. The first kappa shape index (κ1) is 9.18. The molecule has 0 amide bonds. The van der Waals surface area contributed by atoms with Gasteiger partial charge < -0.3 is 14.9 Å². The molecule has 4 nitrogen and oxygen atoms in total. The van der Waals surface area contributed by atoms with Gasteiger partial charge in [-0.05, 0) is 19.2 Å². The van der Waals surface area contributed by atoms with Crippen LogP contribution >= 0.6 is 0 Å². The average molecular weight is 192 g/mol. The Morgan fingerprint density at radius 2 is 2.29 bits per heavy atom. The molecule has 0 radical (unpaired) electrons. The number of fused-ring (bicyclic) bond motifs is 1. The molecule has 1 heterocycles. The number of hydrogen-bond acceptors (Lipinski definition) is 4. The predicted molar refractivity (Wildman–Crippen MR) is 52.9 cm³/mol. The Bertz CT molecular complexity index is 425. The summed E-state index contributed by atoms with van der Waals surface area (Å²) in [6.45, 7) is 0.469. The number of likely N-dealkylation sites (N-methyl/N-ethyl adjacent to an activating group) is 1. The van der Waals surface area contributed by atoms with Gasteiger partial charge >= 0.3 is 0 Å². The van der Waals surface area contributed by atoms with Gasteiger partial charge in [-0.3, -0.25) is 0 Å². The average Bonchev–Trinajstić information content (AvgIpc) is 2.61. The minimum absolute atomic E-state index is 0.469. The third kappa shape index (κ3) is 1.49. The minimum atomic E-state index is -0.622. The molecule has 0 aliphatic rings. The number of aliphatic hydroxyl groups is 1. The van der Waals surface area contributed by atoms with Crippen LogP contribution in [0.25, 0.3) is 11.0 Å². The number of aliphatic hydroxyl groups excluding tert-OH is 1. The van der Waals surface area contributed by atoms with Crippen molar-refractivity contribution in [2.24, 2.45) is 0 Å². The van der Waals surface area contributed by atoms with E-state index in [0.717, 1.165) is 5.39 Å². The van der Waals surface area contributed by atoms with Gasteiger partial charge in [0, 0.05) is 11.9 Å². The summed E-state index contributed by atoms with van der Waals surface area (Å²) in [5, 5.41) is 17.3. The van der Waals surface area contributed by atoms with Crippen LogP contribution in [0, 0.1) is 0 Å². The third-order valence-electron chi connectivity index (χ3n) is 2.12.